The molecule has 0 saturated heterocycles. The predicted molar refractivity (Wildman–Crippen MR) is 84.8 cm³/mol. The van der Waals surface area contributed by atoms with Gasteiger partial charge in [0.15, 0.2) is 0 Å². The van der Waals surface area contributed by atoms with Crippen LogP contribution in [0.1, 0.15) is 32.6 Å². The number of nitrogens with one attached hydrogen (secondary N) is 1. The molecule has 1 aromatic rings. The van der Waals surface area contributed by atoms with Crippen molar-refractivity contribution in [1.82, 2.24) is 4.72 Å². The van der Waals surface area contributed by atoms with Crippen molar-refractivity contribution in [1.29, 1.82) is 0 Å². The highest BCUT2D eigenvalue weighted by molar-refractivity contribution is 7.89. The van der Waals surface area contributed by atoms with Gasteiger partial charge in [-0.15, -0.1) is 0 Å². The highest BCUT2D eigenvalue weighted by Crippen LogP contribution is 2.34. The van der Waals surface area contributed by atoms with E-state index < -0.39 is 10.0 Å². The van der Waals surface area contributed by atoms with Crippen LogP contribution < -0.4 is 9.46 Å². The Bertz CT molecular complexity index is 619. The Morgan fingerprint density at radius 1 is 1.19 bits per heavy atom. The van der Waals surface area contributed by atoms with E-state index in [1.807, 2.05) is 0 Å². The number of methoxy groups -OCH3 is 1. The van der Waals surface area contributed by atoms with E-state index in [-0.39, 0.29) is 21.0 Å². The molecular weight excluding hydrogens is 333 g/mol. The summed E-state index contributed by atoms with van der Waals surface area (Å²) < 4.78 is 32.8. The lowest BCUT2D eigenvalue weighted by atomic mass is 9.87. The van der Waals surface area contributed by atoms with Gasteiger partial charge in [-0.3, -0.25) is 0 Å². The molecule has 21 heavy (non-hydrogen) atoms. The van der Waals surface area contributed by atoms with Crippen molar-refractivity contribution in [3.63, 3.8) is 0 Å². The third kappa shape index (κ3) is 3.83. The van der Waals surface area contributed by atoms with E-state index in [0.29, 0.717) is 11.7 Å². The van der Waals surface area contributed by atoms with Gasteiger partial charge < -0.3 is 4.74 Å². The van der Waals surface area contributed by atoms with Crippen molar-refractivity contribution >= 4 is 33.2 Å². The third-order valence-corrected chi connectivity index (χ3v) is 6.16. The first-order valence-electron chi connectivity index (χ1n) is 6.90. The third-order valence-electron chi connectivity index (χ3n) is 3.91. The normalized spacial score (nSPS) is 23.0. The van der Waals surface area contributed by atoms with E-state index in [4.69, 9.17) is 27.9 Å². The van der Waals surface area contributed by atoms with Crippen LogP contribution in [-0.4, -0.2) is 21.6 Å². The minimum atomic E-state index is -3.69. The van der Waals surface area contributed by atoms with Crippen LogP contribution in [0.3, 0.4) is 0 Å². The van der Waals surface area contributed by atoms with Crippen molar-refractivity contribution < 1.29 is 13.2 Å². The molecule has 0 aromatic heterocycles. The molecule has 1 N–H and O–H groups in total. The first-order chi connectivity index (χ1) is 9.85. The summed E-state index contributed by atoms with van der Waals surface area (Å²) in [6, 6.07) is 2.70. The first kappa shape index (κ1) is 16.9. The van der Waals surface area contributed by atoms with E-state index in [9.17, 15) is 8.42 Å². The quantitative estimate of drug-likeness (QED) is 0.895. The Labute approximate surface area is 135 Å². The molecule has 1 aliphatic rings. The van der Waals surface area contributed by atoms with Crippen molar-refractivity contribution in [3.8, 4) is 5.75 Å². The Morgan fingerprint density at radius 2 is 1.86 bits per heavy atom. The van der Waals surface area contributed by atoms with Gasteiger partial charge in [-0.2, -0.15) is 0 Å². The molecule has 1 saturated carbocycles. The molecule has 118 valence electrons. The summed E-state index contributed by atoms with van der Waals surface area (Å²) in [6.07, 6.45) is 4.06. The summed E-state index contributed by atoms with van der Waals surface area (Å²) >= 11 is 12.1. The van der Waals surface area contributed by atoms with Gasteiger partial charge in [0.05, 0.1) is 17.2 Å². The van der Waals surface area contributed by atoms with Gasteiger partial charge in [0.1, 0.15) is 10.6 Å². The molecule has 7 heteroatoms. The van der Waals surface area contributed by atoms with Crippen LogP contribution in [0.4, 0.5) is 0 Å². The highest BCUT2D eigenvalue weighted by Gasteiger charge is 2.28. The maximum Gasteiger partial charge on any atom is 0.242 e. The second kappa shape index (κ2) is 6.73. The molecule has 1 aliphatic carbocycles. The van der Waals surface area contributed by atoms with Crippen LogP contribution in [0.5, 0.6) is 5.75 Å². The van der Waals surface area contributed by atoms with Gasteiger partial charge in [-0.05, 0) is 24.8 Å². The Kier molecular flexibility index (Phi) is 5.41. The van der Waals surface area contributed by atoms with Crippen molar-refractivity contribution in [3.05, 3.63) is 22.2 Å². The van der Waals surface area contributed by atoms with Gasteiger partial charge in [-0.1, -0.05) is 43.0 Å². The van der Waals surface area contributed by atoms with E-state index >= 15 is 0 Å². The van der Waals surface area contributed by atoms with Gasteiger partial charge in [0.2, 0.25) is 10.0 Å². The molecule has 0 heterocycles. The van der Waals surface area contributed by atoms with Crippen LogP contribution in [-0.2, 0) is 10.0 Å². The number of sulfonamides is 1. The van der Waals surface area contributed by atoms with Gasteiger partial charge in [0, 0.05) is 12.1 Å². The summed E-state index contributed by atoms with van der Waals surface area (Å²) in [5.41, 5.74) is 0. The van der Waals surface area contributed by atoms with Crippen LogP contribution in [0.2, 0.25) is 10.0 Å². The van der Waals surface area contributed by atoms with Crippen LogP contribution in [0.25, 0.3) is 0 Å². The predicted octanol–water partition coefficient (Wildman–Crippen LogP) is 3.86. The van der Waals surface area contributed by atoms with E-state index in [1.165, 1.54) is 19.2 Å². The lowest BCUT2D eigenvalue weighted by Crippen LogP contribution is -2.41. The average Bonchev–Trinajstić information content (AvgIpc) is 2.43. The number of benzene rings is 1. The summed E-state index contributed by atoms with van der Waals surface area (Å²) in [5, 5.41) is 0.325. The molecule has 2 rings (SSSR count). The zero-order chi connectivity index (χ0) is 15.6. The van der Waals surface area contributed by atoms with Gasteiger partial charge >= 0.3 is 0 Å². The maximum atomic E-state index is 12.5. The fourth-order valence-electron chi connectivity index (χ4n) is 2.63. The molecule has 0 radical (unpaired) electrons. The molecule has 4 nitrogen and oxygen atoms in total. The molecule has 0 bridgehead atoms. The number of hydrogen-bond acceptors (Lipinski definition) is 3. The zero-order valence-electron chi connectivity index (χ0n) is 12.0. The van der Waals surface area contributed by atoms with Gasteiger partial charge in [0.25, 0.3) is 0 Å². The second-order valence-corrected chi connectivity index (χ2v) is 7.90. The molecule has 0 unspecified atom stereocenters. The minimum absolute atomic E-state index is 0.00672. The number of rotatable bonds is 4. The monoisotopic (exact) mass is 351 g/mol. The Balaban J connectivity index is 2.29. The summed E-state index contributed by atoms with van der Waals surface area (Å²) in [7, 11) is -2.24. The molecule has 1 fully saturated rings. The molecule has 0 aliphatic heterocycles. The van der Waals surface area contributed by atoms with Crippen molar-refractivity contribution in [2.75, 3.05) is 7.11 Å². The van der Waals surface area contributed by atoms with Crippen molar-refractivity contribution in [2.24, 2.45) is 5.92 Å². The topological polar surface area (TPSA) is 55.4 Å². The Hall–Kier alpha value is -0.490. The second-order valence-electron chi connectivity index (χ2n) is 5.41. The summed E-state index contributed by atoms with van der Waals surface area (Å²) in [5.74, 6) is 0.674. The Morgan fingerprint density at radius 3 is 2.48 bits per heavy atom. The lowest BCUT2D eigenvalue weighted by Gasteiger charge is -2.29. The zero-order valence-corrected chi connectivity index (χ0v) is 14.4. The average molecular weight is 352 g/mol. The molecule has 0 amide bonds. The molecular formula is C14H19Cl2NO3S. The molecule has 0 spiro atoms. The molecule has 1 aromatic carbocycles. The fraction of sp³-hybridized carbons (Fsp3) is 0.571. The highest BCUT2D eigenvalue weighted by atomic mass is 35.5. The van der Waals surface area contributed by atoms with E-state index in [1.54, 1.807) is 0 Å². The van der Waals surface area contributed by atoms with Crippen LogP contribution in [0, 0.1) is 5.92 Å². The largest absolute Gasteiger partial charge is 0.495 e. The fourth-order valence-corrected chi connectivity index (χ4v) is 4.86. The standard InChI is InChI=1S/C14H19Cl2NO3S/c1-9-5-3-4-6-12(9)17-21(18,19)14-8-10(15)13(20-2)7-11(14)16/h7-9,12,17H,3-6H2,1-2H3/t9-,12-/m1/s1. The first-order valence-corrected chi connectivity index (χ1v) is 9.14. The lowest BCUT2D eigenvalue weighted by molar-refractivity contribution is 0.310. The van der Waals surface area contributed by atoms with Crippen LogP contribution in [0.15, 0.2) is 17.0 Å². The maximum absolute atomic E-state index is 12.5. The smallest absolute Gasteiger partial charge is 0.242 e. The van der Waals surface area contributed by atoms with E-state index in [0.717, 1.165) is 25.7 Å². The van der Waals surface area contributed by atoms with Gasteiger partial charge in [-0.25, -0.2) is 13.1 Å². The van der Waals surface area contributed by atoms with Crippen molar-refractivity contribution in [2.45, 2.75) is 43.5 Å². The van der Waals surface area contributed by atoms with E-state index in [2.05, 4.69) is 11.6 Å². The number of hydrogen-bond donors (Lipinski definition) is 1. The van der Waals surface area contributed by atoms with Crippen LogP contribution >= 0.6 is 23.2 Å². The molecule has 2 atom stereocenters. The minimum Gasteiger partial charge on any atom is -0.495 e. The SMILES string of the molecule is COc1cc(Cl)c(S(=O)(=O)N[C@@H]2CCCC[C@H]2C)cc1Cl. The summed E-state index contributed by atoms with van der Waals surface area (Å²) in [4.78, 5) is -0.00672. The number of ether oxygens (including phenoxy) is 1. The summed E-state index contributed by atoms with van der Waals surface area (Å²) in [6.45, 7) is 2.06. The number of halogens is 2.